The number of aromatic nitrogens is 2. The molecule has 0 unspecified atom stereocenters. The number of amides is 1. The molecule has 0 atom stereocenters. The van der Waals surface area contributed by atoms with Crippen LogP contribution in [-0.4, -0.2) is 22.2 Å². The fourth-order valence-electron chi connectivity index (χ4n) is 3.02. The zero-order valence-electron chi connectivity index (χ0n) is 16.1. The molecule has 1 aromatic heterocycles. The lowest BCUT2D eigenvalue weighted by molar-refractivity contribution is -0.120. The molecule has 0 aliphatic carbocycles. The van der Waals surface area contributed by atoms with Gasteiger partial charge in [0.05, 0.1) is 11.4 Å². The van der Waals surface area contributed by atoms with Gasteiger partial charge < -0.3 is 10.1 Å². The van der Waals surface area contributed by atoms with E-state index < -0.39 is 5.82 Å². The van der Waals surface area contributed by atoms with Gasteiger partial charge in [0.15, 0.2) is 11.6 Å². The van der Waals surface area contributed by atoms with E-state index in [2.05, 4.69) is 10.4 Å². The number of nitrogens with one attached hydrogen (secondary N) is 1. The average molecular weight is 381 g/mol. The normalized spacial score (nSPS) is 10.7. The van der Waals surface area contributed by atoms with Crippen LogP contribution in [0, 0.1) is 5.82 Å². The summed E-state index contributed by atoms with van der Waals surface area (Å²) in [5.41, 5.74) is 2.47. The SMILES string of the molecule is CCNC(=O)CCc1c(CC)nn(-c2ccccc2)c1Oc1ccccc1F. The lowest BCUT2D eigenvalue weighted by atomic mass is 10.1. The second kappa shape index (κ2) is 9.17. The fraction of sp³-hybridized carbons (Fsp3) is 0.273. The summed E-state index contributed by atoms with van der Waals surface area (Å²) < 4.78 is 21.9. The van der Waals surface area contributed by atoms with Crippen molar-refractivity contribution in [3.63, 3.8) is 0 Å². The molecule has 0 saturated carbocycles. The lowest BCUT2D eigenvalue weighted by Gasteiger charge is -2.12. The molecule has 0 fully saturated rings. The van der Waals surface area contributed by atoms with Gasteiger partial charge in [-0.05, 0) is 44.0 Å². The highest BCUT2D eigenvalue weighted by Gasteiger charge is 2.21. The third-order valence-corrected chi connectivity index (χ3v) is 4.37. The van der Waals surface area contributed by atoms with Gasteiger partial charge in [0.1, 0.15) is 0 Å². The third kappa shape index (κ3) is 4.39. The van der Waals surface area contributed by atoms with E-state index in [0.29, 0.717) is 31.7 Å². The number of rotatable bonds is 8. The van der Waals surface area contributed by atoms with Gasteiger partial charge in [-0.1, -0.05) is 37.3 Å². The zero-order valence-corrected chi connectivity index (χ0v) is 16.1. The quantitative estimate of drug-likeness (QED) is 0.628. The number of hydrogen-bond acceptors (Lipinski definition) is 3. The number of carbonyl (C=O) groups is 1. The number of halogens is 1. The molecule has 3 rings (SSSR count). The van der Waals surface area contributed by atoms with E-state index in [0.717, 1.165) is 16.9 Å². The first kappa shape index (κ1) is 19.6. The smallest absolute Gasteiger partial charge is 0.226 e. The van der Waals surface area contributed by atoms with Crippen LogP contribution in [0.15, 0.2) is 54.6 Å². The van der Waals surface area contributed by atoms with Crippen LogP contribution in [0.2, 0.25) is 0 Å². The molecule has 0 spiro atoms. The number of hydrogen-bond donors (Lipinski definition) is 1. The standard InChI is InChI=1S/C22H24FN3O2/c1-3-19-17(14-15-21(27)24-4-2)22(28-20-13-9-8-12-18(20)23)26(25-19)16-10-6-5-7-11-16/h5-13H,3-4,14-15H2,1-2H3,(H,24,27). The average Bonchev–Trinajstić information content (AvgIpc) is 3.06. The van der Waals surface area contributed by atoms with Crippen LogP contribution in [0.3, 0.4) is 0 Å². The Kier molecular flexibility index (Phi) is 6.42. The minimum atomic E-state index is -0.448. The van der Waals surface area contributed by atoms with Gasteiger partial charge in [0.25, 0.3) is 0 Å². The van der Waals surface area contributed by atoms with Crippen molar-refractivity contribution in [2.75, 3.05) is 6.54 Å². The highest BCUT2D eigenvalue weighted by atomic mass is 19.1. The maximum atomic E-state index is 14.2. The number of para-hydroxylation sites is 2. The third-order valence-electron chi connectivity index (χ3n) is 4.37. The van der Waals surface area contributed by atoms with Gasteiger partial charge in [0.2, 0.25) is 11.8 Å². The number of benzene rings is 2. The predicted octanol–water partition coefficient (Wildman–Crippen LogP) is 4.43. The van der Waals surface area contributed by atoms with Crippen LogP contribution in [-0.2, 0) is 17.6 Å². The topological polar surface area (TPSA) is 56.2 Å². The van der Waals surface area contributed by atoms with Crippen molar-refractivity contribution in [2.24, 2.45) is 0 Å². The fourth-order valence-corrected chi connectivity index (χ4v) is 3.02. The van der Waals surface area contributed by atoms with Crippen molar-refractivity contribution in [3.05, 3.63) is 71.7 Å². The Balaban J connectivity index is 2.04. The highest BCUT2D eigenvalue weighted by Crippen LogP contribution is 2.33. The first-order chi connectivity index (χ1) is 13.6. The number of nitrogens with zero attached hydrogens (tertiary/aromatic N) is 2. The Labute approximate surface area is 164 Å². The maximum absolute atomic E-state index is 14.2. The Hall–Kier alpha value is -3.15. The zero-order chi connectivity index (χ0) is 19.9. The largest absolute Gasteiger partial charge is 0.436 e. The summed E-state index contributed by atoms with van der Waals surface area (Å²) in [7, 11) is 0. The van der Waals surface area contributed by atoms with Crippen molar-refractivity contribution >= 4 is 5.91 Å². The van der Waals surface area contributed by atoms with Crippen LogP contribution in [0.5, 0.6) is 11.6 Å². The van der Waals surface area contributed by atoms with E-state index in [1.807, 2.05) is 44.2 Å². The Morgan fingerprint density at radius 3 is 2.50 bits per heavy atom. The number of carbonyl (C=O) groups excluding carboxylic acids is 1. The summed E-state index contributed by atoms with van der Waals surface area (Å²) in [6.45, 7) is 4.47. The summed E-state index contributed by atoms with van der Waals surface area (Å²) in [6, 6.07) is 15.8. The monoisotopic (exact) mass is 381 g/mol. The molecule has 146 valence electrons. The Bertz CT molecular complexity index is 938. The van der Waals surface area contributed by atoms with Gasteiger partial charge in [-0.2, -0.15) is 5.10 Å². The molecule has 3 aromatic rings. The van der Waals surface area contributed by atoms with Crippen molar-refractivity contribution in [1.29, 1.82) is 0 Å². The van der Waals surface area contributed by atoms with E-state index in [-0.39, 0.29) is 11.7 Å². The number of aryl methyl sites for hydroxylation is 1. The van der Waals surface area contributed by atoms with Crippen LogP contribution in [0.1, 0.15) is 31.5 Å². The van der Waals surface area contributed by atoms with Crippen molar-refractivity contribution in [1.82, 2.24) is 15.1 Å². The van der Waals surface area contributed by atoms with E-state index >= 15 is 0 Å². The van der Waals surface area contributed by atoms with Crippen molar-refractivity contribution in [2.45, 2.75) is 33.1 Å². The van der Waals surface area contributed by atoms with Gasteiger partial charge in [-0.3, -0.25) is 4.79 Å². The van der Waals surface area contributed by atoms with Gasteiger partial charge >= 0.3 is 0 Å². The van der Waals surface area contributed by atoms with Gasteiger partial charge in [-0.15, -0.1) is 0 Å². The molecule has 0 aliphatic rings. The van der Waals surface area contributed by atoms with E-state index in [9.17, 15) is 9.18 Å². The Morgan fingerprint density at radius 1 is 1.11 bits per heavy atom. The summed E-state index contributed by atoms with van der Waals surface area (Å²) >= 11 is 0. The molecular formula is C22H24FN3O2. The molecule has 1 amide bonds. The number of ether oxygens (including phenoxy) is 1. The van der Waals surface area contributed by atoms with Crippen molar-refractivity contribution < 1.29 is 13.9 Å². The molecule has 28 heavy (non-hydrogen) atoms. The highest BCUT2D eigenvalue weighted by molar-refractivity contribution is 5.76. The minimum Gasteiger partial charge on any atom is -0.436 e. The second-order valence-corrected chi connectivity index (χ2v) is 6.32. The molecule has 0 aliphatic heterocycles. The summed E-state index contributed by atoms with van der Waals surface area (Å²) in [5.74, 6) is 0.0869. The molecular weight excluding hydrogens is 357 g/mol. The van der Waals surface area contributed by atoms with E-state index in [1.165, 1.54) is 6.07 Å². The van der Waals surface area contributed by atoms with Crippen LogP contribution in [0.4, 0.5) is 4.39 Å². The predicted molar refractivity (Wildman–Crippen MR) is 106 cm³/mol. The van der Waals surface area contributed by atoms with Crippen LogP contribution < -0.4 is 10.1 Å². The lowest BCUT2D eigenvalue weighted by Crippen LogP contribution is -2.22. The molecule has 0 bridgehead atoms. The minimum absolute atomic E-state index is 0.0335. The molecule has 2 aromatic carbocycles. The Morgan fingerprint density at radius 2 is 1.82 bits per heavy atom. The summed E-state index contributed by atoms with van der Waals surface area (Å²) in [5, 5.41) is 7.49. The second-order valence-electron chi connectivity index (χ2n) is 6.32. The van der Waals surface area contributed by atoms with Gasteiger partial charge in [0, 0.05) is 18.5 Å². The first-order valence-corrected chi connectivity index (χ1v) is 9.49. The summed E-state index contributed by atoms with van der Waals surface area (Å²) in [4.78, 5) is 12.0. The van der Waals surface area contributed by atoms with Crippen molar-refractivity contribution in [3.8, 4) is 17.3 Å². The van der Waals surface area contributed by atoms with Gasteiger partial charge in [-0.25, -0.2) is 9.07 Å². The van der Waals surface area contributed by atoms with E-state index in [1.54, 1.807) is 22.9 Å². The summed E-state index contributed by atoms with van der Waals surface area (Å²) in [6.07, 6.45) is 1.46. The van der Waals surface area contributed by atoms with Crippen LogP contribution in [0.25, 0.3) is 5.69 Å². The molecule has 6 heteroatoms. The maximum Gasteiger partial charge on any atom is 0.226 e. The molecule has 1 N–H and O–H groups in total. The molecule has 1 heterocycles. The molecule has 0 radical (unpaired) electrons. The molecule has 5 nitrogen and oxygen atoms in total. The van der Waals surface area contributed by atoms with Crippen LogP contribution >= 0.6 is 0 Å². The first-order valence-electron chi connectivity index (χ1n) is 9.49. The molecule has 0 saturated heterocycles. The van der Waals surface area contributed by atoms with E-state index in [4.69, 9.17) is 4.74 Å².